The first-order valence-electron chi connectivity index (χ1n) is 6.57. The lowest BCUT2D eigenvalue weighted by molar-refractivity contribution is -0.150. The molecule has 0 saturated carbocycles. The van der Waals surface area contributed by atoms with Crippen LogP contribution in [0.4, 0.5) is 4.79 Å². The zero-order valence-corrected chi connectivity index (χ0v) is 12.4. The fraction of sp³-hybridized carbons (Fsp3) is 0.846. The van der Waals surface area contributed by atoms with Gasteiger partial charge in [0.1, 0.15) is 0 Å². The van der Waals surface area contributed by atoms with Crippen LogP contribution in [0, 0.1) is 5.41 Å². The largest absolute Gasteiger partial charge is 0.481 e. The van der Waals surface area contributed by atoms with Gasteiger partial charge in [-0.1, -0.05) is 0 Å². The average molecular weight is 271 g/mol. The molecule has 6 heteroatoms. The third-order valence-electron chi connectivity index (χ3n) is 4.25. The zero-order chi connectivity index (χ0) is 14.8. The molecule has 0 aromatic rings. The fourth-order valence-electron chi connectivity index (χ4n) is 1.98. The molecule has 0 spiro atoms. The van der Waals surface area contributed by atoms with Gasteiger partial charge >= 0.3 is 12.0 Å². The third-order valence-corrected chi connectivity index (χ3v) is 4.25. The molecule has 1 unspecified atom stereocenters. The molecule has 19 heavy (non-hydrogen) atoms. The summed E-state index contributed by atoms with van der Waals surface area (Å²) in [6.07, 6.45) is 0.923. The maximum atomic E-state index is 12.0. The van der Waals surface area contributed by atoms with Gasteiger partial charge in [0.15, 0.2) is 0 Å². The normalized spacial score (nSPS) is 21.2. The van der Waals surface area contributed by atoms with E-state index in [9.17, 15) is 14.7 Å². The molecule has 6 nitrogen and oxygen atoms in total. The summed E-state index contributed by atoms with van der Waals surface area (Å²) in [6.45, 7) is 8.46. The Morgan fingerprint density at radius 3 is 2.26 bits per heavy atom. The number of carbonyl (C=O) groups is 2. The molecule has 0 aromatic carbocycles. The van der Waals surface area contributed by atoms with Crippen molar-refractivity contribution in [1.82, 2.24) is 15.5 Å². The minimum atomic E-state index is -1.04. The van der Waals surface area contributed by atoms with Gasteiger partial charge in [-0.3, -0.25) is 4.79 Å². The zero-order valence-electron chi connectivity index (χ0n) is 12.4. The molecule has 1 aliphatic rings. The Labute approximate surface area is 114 Å². The van der Waals surface area contributed by atoms with E-state index in [-0.39, 0.29) is 12.1 Å². The van der Waals surface area contributed by atoms with E-state index < -0.39 is 16.9 Å². The van der Waals surface area contributed by atoms with Crippen molar-refractivity contribution >= 4 is 12.0 Å². The van der Waals surface area contributed by atoms with E-state index in [1.807, 2.05) is 7.05 Å². The van der Waals surface area contributed by atoms with Gasteiger partial charge in [0.25, 0.3) is 0 Å². The number of carbonyl (C=O) groups excluding carboxylic acids is 1. The summed E-state index contributed by atoms with van der Waals surface area (Å²) < 4.78 is 0. The lowest BCUT2D eigenvalue weighted by Gasteiger charge is -2.39. The van der Waals surface area contributed by atoms with E-state index in [1.54, 1.807) is 27.7 Å². The van der Waals surface area contributed by atoms with Crippen LogP contribution >= 0.6 is 0 Å². The molecule has 1 saturated heterocycles. The second kappa shape index (κ2) is 5.36. The molecule has 3 N–H and O–H groups in total. The van der Waals surface area contributed by atoms with Crippen LogP contribution in [0.5, 0.6) is 0 Å². The number of nitrogens with zero attached hydrogens (tertiary/aromatic N) is 1. The van der Waals surface area contributed by atoms with Crippen LogP contribution in [-0.2, 0) is 4.79 Å². The van der Waals surface area contributed by atoms with E-state index in [4.69, 9.17) is 0 Å². The monoisotopic (exact) mass is 271 g/mol. The Morgan fingerprint density at radius 1 is 1.26 bits per heavy atom. The van der Waals surface area contributed by atoms with Crippen molar-refractivity contribution in [2.75, 3.05) is 20.1 Å². The summed E-state index contributed by atoms with van der Waals surface area (Å²) in [5.74, 6) is -0.932. The van der Waals surface area contributed by atoms with Gasteiger partial charge in [-0.25, -0.2) is 4.79 Å². The number of hydrogen-bond acceptors (Lipinski definition) is 3. The van der Waals surface area contributed by atoms with Crippen molar-refractivity contribution in [3.05, 3.63) is 0 Å². The average Bonchev–Trinajstić information content (AvgIpc) is 2.62. The van der Waals surface area contributed by atoms with Gasteiger partial charge in [0.05, 0.1) is 11.0 Å². The van der Waals surface area contributed by atoms with E-state index in [2.05, 4.69) is 15.5 Å². The highest BCUT2D eigenvalue weighted by molar-refractivity contribution is 5.79. The van der Waals surface area contributed by atoms with Crippen LogP contribution in [0.25, 0.3) is 0 Å². The molecule has 1 atom stereocenters. The van der Waals surface area contributed by atoms with E-state index >= 15 is 0 Å². The van der Waals surface area contributed by atoms with Crippen LogP contribution in [0.3, 0.4) is 0 Å². The highest BCUT2D eigenvalue weighted by atomic mass is 16.4. The van der Waals surface area contributed by atoms with Gasteiger partial charge in [-0.2, -0.15) is 0 Å². The first-order chi connectivity index (χ1) is 8.56. The van der Waals surface area contributed by atoms with Crippen molar-refractivity contribution in [3.8, 4) is 0 Å². The first-order valence-corrected chi connectivity index (χ1v) is 6.57. The number of aliphatic carboxylic acids is 1. The molecule has 1 aliphatic heterocycles. The van der Waals surface area contributed by atoms with Crippen molar-refractivity contribution in [3.63, 3.8) is 0 Å². The van der Waals surface area contributed by atoms with Crippen molar-refractivity contribution in [1.29, 1.82) is 0 Å². The SMILES string of the molecule is CN1CCC(NC(=O)NC(C)(C)C(C)(C)C(=O)O)C1. The molecule has 0 radical (unpaired) electrons. The first kappa shape index (κ1) is 15.8. The van der Waals surface area contributed by atoms with Gasteiger partial charge in [-0.15, -0.1) is 0 Å². The number of rotatable bonds is 4. The van der Waals surface area contributed by atoms with Crippen LogP contribution in [-0.4, -0.2) is 53.7 Å². The molecule has 0 aliphatic carbocycles. The standard InChI is InChI=1S/C13H25N3O3/c1-12(2,10(17)18)13(3,4)15-11(19)14-9-6-7-16(5)8-9/h9H,6-8H2,1-5H3,(H,17,18)(H2,14,15,19). The Morgan fingerprint density at radius 2 is 1.84 bits per heavy atom. The third kappa shape index (κ3) is 3.59. The number of carboxylic acid groups (broad SMARTS) is 1. The highest BCUT2D eigenvalue weighted by Crippen LogP contribution is 2.30. The van der Waals surface area contributed by atoms with Crippen molar-refractivity contribution < 1.29 is 14.7 Å². The molecule has 1 fully saturated rings. The maximum absolute atomic E-state index is 12.0. The maximum Gasteiger partial charge on any atom is 0.315 e. The molecular formula is C13H25N3O3. The number of carboxylic acids is 1. The summed E-state index contributed by atoms with van der Waals surface area (Å²) >= 11 is 0. The number of urea groups is 1. The summed E-state index contributed by atoms with van der Waals surface area (Å²) in [5, 5.41) is 14.9. The fourth-order valence-corrected chi connectivity index (χ4v) is 1.98. The van der Waals surface area contributed by atoms with Crippen molar-refractivity contribution in [2.24, 2.45) is 5.41 Å². The predicted molar refractivity (Wildman–Crippen MR) is 73.1 cm³/mol. The smallest absolute Gasteiger partial charge is 0.315 e. The second-order valence-electron chi connectivity index (χ2n) is 6.40. The van der Waals surface area contributed by atoms with Crippen LogP contribution in [0.1, 0.15) is 34.1 Å². The molecule has 2 amide bonds. The van der Waals surface area contributed by atoms with Gasteiger partial charge in [0.2, 0.25) is 0 Å². The number of likely N-dealkylation sites (tertiary alicyclic amines) is 1. The summed E-state index contributed by atoms with van der Waals surface area (Å²) in [7, 11) is 2.01. The molecule has 110 valence electrons. The van der Waals surface area contributed by atoms with Crippen LogP contribution in [0.2, 0.25) is 0 Å². The summed E-state index contributed by atoms with van der Waals surface area (Å²) in [5.41, 5.74) is -1.88. The second-order valence-corrected chi connectivity index (χ2v) is 6.40. The lowest BCUT2D eigenvalue weighted by atomic mass is 9.74. The topological polar surface area (TPSA) is 81.7 Å². The number of likely N-dealkylation sites (N-methyl/N-ethyl adjacent to an activating group) is 1. The predicted octanol–water partition coefficient (Wildman–Crippen LogP) is 0.879. The van der Waals surface area contributed by atoms with E-state index in [0.717, 1.165) is 19.5 Å². The van der Waals surface area contributed by atoms with Gasteiger partial charge in [-0.05, 0) is 47.7 Å². The molecule has 0 bridgehead atoms. The minimum absolute atomic E-state index is 0.133. The van der Waals surface area contributed by atoms with Crippen LogP contribution < -0.4 is 10.6 Å². The highest BCUT2D eigenvalue weighted by Gasteiger charge is 2.44. The van der Waals surface area contributed by atoms with E-state index in [1.165, 1.54) is 0 Å². The number of hydrogen-bond donors (Lipinski definition) is 3. The minimum Gasteiger partial charge on any atom is -0.481 e. The van der Waals surface area contributed by atoms with E-state index in [0.29, 0.717) is 0 Å². The molecule has 0 aromatic heterocycles. The molecule has 1 rings (SSSR count). The number of nitrogens with one attached hydrogen (secondary N) is 2. The Bertz CT molecular complexity index is 366. The quantitative estimate of drug-likeness (QED) is 0.709. The van der Waals surface area contributed by atoms with Crippen molar-refractivity contribution in [2.45, 2.75) is 45.7 Å². The Hall–Kier alpha value is -1.30. The molecule has 1 heterocycles. The van der Waals surface area contributed by atoms with Gasteiger partial charge < -0.3 is 20.6 Å². The summed E-state index contributed by atoms with van der Waals surface area (Å²) in [4.78, 5) is 25.4. The molecular weight excluding hydrogens is 246 g/mol. The Kier molecular flexibility index (Phi) is 4.45. The summed E-state index contributed by atoms with van der Waals surface area (Å²) in [6, 6.07) is -0.173. The van der Waals surface area contributed by atoms with Gasteiger partial charge in [0, 0.05) is 12.6 Å². The Balaban J connectivity index is 2.58. The lowest BCUT2D eigenvalue weighted by Crippen LogP contribution is -2.60. The van der Waals surface area contributed by atoms with Crippen LogP contribution in [0.15, 0.2) is 0 Å². The number of amides is 2.